The van der Waals surface area contributed by atoms with Crippen LogP contribution >= 0.6 is 58.0 Å². The van der Waals surface area contributed by atoms with Gasteiger partial charge >= 0.3 is 6.43 Å². The summed E-state index contributed by atoms with van der Waals surface area (Å²) in [4.78, 5) is 36.8. The summed E-state index contributed by atoms with van der Waals surface area (Å²) < 4.78 is 80.9. The Morgan fingerprint density at radius 2 is 1.43 bits per heavy atom. The number of benzene rings is 3. The van der Waals surface area contributed by atoms with E-state index in [1.165, 1.54) is 17.4 Å². The number of amides is 3. The van der Waals surface area contributed by atoms with Crippen LogP contribution in [0.1, 0.15) is 21.8 Å². The third kappa shape index (κ3) is 6.23. The smallest absolute Gasteiger partial charge is 0.315 e. The molecule has 6 nitrogen and oxygen atoms in total. The van der Waals surface area contributed by atoms with Gasteiger partial charge in [-0.1, -0.05) is 34.8 Å². The first kappa shape index (κ1) is 32.0. The third-order valence-electron chi connectivity index (χ3n) is 6.03. The quantitative estimate of drug-likeness (QED) is 0.133. The molecular weight excluding hydrogens is 682 g/mol. The highest BCUT2D eigenvalue weighted by atomic mass is 35.5. The van der Waals surface area contributed by atoms with Crippen LogP contribution in [0.15, 0.2) is 36.4 Å². The Labute approximate surface area is 257 Å². The van der Waals surface area contributed by atoms with Gasteiger partial charge in [0.1, 0.15) is 15.8 Å². The minimum atomic E-state index is -3.62. The van der Waals surface area contributed by atoms with E-state index in [2.05, 4.69) is 5.32 Å². The highest BCUT2D eigenvalue weighted by molar-refractivity contribution is 6.54. The summed E-state index contributed by atoms with van der Waals surface area (Å²) in [6.45, 7) is 0. The summed E-state index contributed by atoms with van der Waals surface area (Å²) in [5.41, 5.74) is -3.32. The number of carbonyl (C=O) groups excluding carboxylic acids is 3. The van der Waals surface area contributed by atoms with Crippen molar-refractivity contribution in [2.45, 2.75) is 16.7 Å². The number of hydrogen-bond acceptors (Lipinski definition) is 3. The maximum atomic E-state index is 14.7. The number of anilines is 3. The minimum absolute atomic E-state index is 0.0562. The van der Waals surface area contributed by atoms with Crippen LogP contribution < -0.4 is 16.0 Å². The number of rotatable bonds is 7. The van der Waals surface area contributed by atoms with Crippen LogP contribution in [0, 0.1) is 29.2 Å². The van der Waals surface area contributed by atoms with Gasteiger partial charge in [0.2, 0.25) is 5.91 Å². The molecule has 0 spiro atoms. The highest BCUT2D eigenvalue weighted by Gasteiger charge is 2.67. The Bertz CT molecular complexity index is 1620. The molecule has 1 aliphatic carbocycles. The third-order valence-corrected chi connectivity index (χ3v) is 8.16. The Morgan fingerprint density at radius 1 is 0.810 bits per heavy atom. The lowest BCUT2D eigenvalue weighted by Crippen LogP contribution is -2.23. The van der Waals surface area contributed by atoms with Crippen LogP contribution in [-0.4, -0.2) is 28.5 Å². The SMILES string of the molecule is O=C(Nc1ccc(F)c(NC(=O)C(F)F)c1F)c1cc(NC(=O)C2[C@H](c3cc(Cl)c(Cl)c(Cl)c3)C2(Cl)Cl)cc(F)c1F. The number of nitrogens with one attached hydrogen (secondary N) is 3. The number of alkyl halides is 4. The maximum Gasteiger partial charge on any atom is 0.315 e. The lowest BCUT2D eigenvalue weighted by molar-refractivity contribution is -0.126. The summed E-state index contributed by atoms with van der Waals surface area (Å²) in [6.07, 6.45) is -3.62. The highest BCUT2D eigenvalue weighted by Crippen LogP contribution is 2.65. The molecule has 0 saturated heterocycles. The zero-order valence-electron chi connectivity index (χ0n) is 20.1. The number of halogens is 11. The van der Waals surface area contributed by atoms with Crippen LogP contribution in [0.4, 0.5) is 43.4 Å². The topological polar surface area (TPSA) is 87.3 Å². The van der Waals surface area contributed by atoms with Crippen LogP contribution in [0.2, 0.25) is 15.1 Å². The largest absolute Gasteiger partial charge is 0.326 e. The van der Waals surface area contributed by atoms with Crippen molar-refractivity contribution >= 4 is 92.8 Å². The average Bonchev–Trinajstić information content (AvgIpc) is 3.49. The maximum absolute atomic E-state index is 14.7. The van der Waals surface area contributed by atoms with E-state index in [1.54, 1.807) is 0 Å². The van der Waals surface area contributed by atoms with Gasteiger partial charge in [-0.05, 0) is 35.9 Å². The standard InChI is InChI=1S/C25H12Cl5F6N3O3/c26-10-3-7(4-11(27)17(10)28)15-16(25(15,29)30)23(41)37-8-5-9(18(33)13(32)6-8)22(40)38-14-2-1-12(31)20(19(14)34)39-24(42)21(35)36/h1-6,15-16,21H,(H,37,41)(H,38,40)(H,39,42)/t15-,16?/m0/s1. The van der Waals surface area contributed by atoms with Crippen molar-refractivity contribution in [1.29, 1.82) is 0 Å². The van der Waals surface area contributed by atoms with E-state index in [0.717, 1.165) is 0 Å². The van der Waals surface area contributed by atoms with Gasteiger partial charge in [-0.15, -0.1) is 23.2 Å². The molecule has 222 valence electrons. The number of carbonyl (C=O) groups is 3. The molecule has 2 atom stereocenters. The summed E-state index contributed by atoms with van der Waals surface area (Å²) in [7, 11) is 0. The molecule has 3 N–H and O–H groups in total. The van der Waals surface area contributed by atoms with Crippen molar-refractivity contribution in [3.8, 4) is 0 Å². The second kappa shape index (κ2) is 12.0. The Kier molecular flexibility index (Phi) is 9.15. The van der Waals surface area contributed by atoms with Crippen molar-refractivity contribution in [1.82, 2.24) is 0 Å². The monoisotopic (exact) mass is 691 g/mol. The van der Waals surface area contributed by atoms with Gasteiger partial charge in [-0.2, -0.15) is 8.78 Å². The second-order valence-electron chi connectivity index (χ2n) is 8.77. The molecule has 1 fully saturated rings. The van der Waals surface area contributed by atoms with E-state index in [9.17, 15) is 40.7 Å². The molecule has 42 heavy (non-hydrogen) atoms. The van der Waals surface area contributed by atoms with E-state index in [-0.39, 0.29) is 15.1 Å². The molecule has 0 radical (unpaired) electrons. The molecule has 3 aromatic carbocycles. The fourth-order valence-electron chi connectivity index (χ4n) is 4.00. The van der Waals surface area contributed by atoms with Gasteiger partial charge < -0.3 is 16.0 Å². The van der Waals surface area contributed by atoms with Gasteiger partial charge in [-0.25, -0.2) is 17.6 Å². The molecule has 0 aliphatic heterocycles. The lowest BCUT2D eigenvalue weighted by Gasteiger charge is -2.13. The van der Waals surface area contributed by atoms with Gasteiger partial charge in [0.05, 0.1) is 32.2 Å². The van der Waals surface area contributed by atoms with Crippen molar-refractivity contribution in [3.63, 3.8) is 0 Å². The second-order valence-corrected chi connectivity index (χ2v) is 11.4. The molecule has 17 heteroatoms. The van der Waals surface area contributed by atoms with Gasteiger partial charge in [0.25, 0.3) is 11.8 Å². The van der Waals surface area contributed by atoms with Crippen LogP contribution in [-0.2, 0) is 9.59 Å². The minimum Gasteiger partial charge on any atom is -0.326 e. The summed E-state index contributed by atoms with van der Waals surface area (Å²) in [5, 5.41) is 5.57. The van der Waals surface area contributed by atoms with E-state index in [1.807, 2.05) is 5.32 Å². The Morgan fingerprint density at radius 3 is 2.02 bits per heavy atom. The fraction of sp³-hybridized carbons (Fsp3) is 0.160. The van der Waals surface area contributed by atoms with Crippen LogP contribution in [0.5, 0.6) is 0 Å². The predicted molar refractivity (Wildman–Crippen MR) is 146 cm³/mol. The zero-order chi connectivity index (χ0) is 31.3. The summed E-state index contributed by atoms with van der Waals surface area (Å²) in [5.74, 6) is -12.8. The van der Waals surface area contributed by atoms with E-state index in [0.29, 0.717) is 29.8 Å². The molecule has 3 amide bonds. The first-order valence-corrected chi connectivity index (χ1v) is 13.1. The van der Waals surface area contributed by atoms with Crippen molar-refractivity contribution < 1.29 is 40.7 Å². The predicted octanol–water partition coefficient (Wildman–Crippen LogP) is 8.19. The molecule has 1 unspecified atom stereocenters. The average molecular weight is 694 g/mol. The lowest BCUT2D eigenvalue weighted by atomic mass is 10.1. The van der Waals surface area contributed by atoms with Crippen molar-refractivity contribution in [3.05, 3.63) is 85.9 Å². The van der Waals surface area contributed by atoms with E-state index < -0.39 is 86.2 Å². The molecule has 0 aromatic heterocycles. The first-order valence-electron chi connectivity index (χ1n) is 11.2. The van der Waals surface area contributed by atoms with Crippen molar-refractivity contribution in [2.75, 3.05) is 16.0 Å². The summed E-state index contributed by atoms with van der Waals surface area (Å²) in [6, 6.07) is 5.19. The fourth-order valence-corrected chi connectivity index (χ4v) is 5.44. The molecule has 0 heterocycles. The van der Waals surface area contributed by atoms with Crippen LogP contribution in [0.25, 0.3) is 0 Å². The molecule has 1 saturated carbocycles. The molecular formula is C25H12Cl5F6N3O3. The zero-order valence-corrected chi connectivity index (χ0v) is 23.9. The molecule has 0 bridgehead atoms. The first-order chi connectivity index (χ1) is 19.5. The molecule has 4 rings (SSSR count). The Hall–Kier alpha value is -2.90. The molecule has 3 aromatic rings. The number of hydrogen-bond donors (Lipinski definition) is 3. The van der Waals surface area contributed by atoms with E-state index in [4.69, 9.17) is 58.0 Å². The normalized spacial score (nSPS) is 17.1. The van der Waals surface area contributed by atoms with Gasteiger partial charge in [-0.3, -0.25) is 14.4 Å². The molecule has 1 aliphatic rings. The van der Waals surface area contributed by atoms with E-state index >= 15 is 0 Å². The Balaban J connectivity index is 1.56. The van der Waals surface area contributed by atoms with Gasteiger partial charge in [0, 0.05) is 17.7 Å². The van der Waals surface area contributed by atoms with Crippen LogP contribution in [0.3, 0.4) is 0 Å². The van der Waals surface area contributed by atoms with Crippen molar-refractivity contribution in [2.24, 2.45) is 5.92 Å². The van der Waals surface area contributed by atoms with Gasteiger partial charge in [0.15, 0.2) is 17.5 Å². The summed E-state index contributed by atoms with van der Waals surface area (Å²) >= 11 is 30.6.